The summed E-state index contributed by atoms with van der Waals surface area (Å²) in [6.07, 6.45) is -2.10. The Kier molecular flexibility index (Phi) is 6.76. The summed E-state index contributed by atoms with van der Waals surface area (Å²) in [5.74, 6) is 0.404. The Morgan fingerprint density at radius 3 is 2.69 bits per heavy atom. The average Bonchev–Trinajstić information content (AvgIpc) is 3.15. The highest BCUT2D eigenvalue weighted by atomic mass is 19.4. The number of hydrogen-bond acceptors (Lipinski definition) is 5. The number of ether oxygens (including phenoxy) is 2. The second-order valence-electron chi connectivity index (χ2n) is 7.72. The summed E-state index contributed by atoms with van der Waals surface area (Å²) in [5, 5.41) is 4.61. The molecule has 1 fully saturated rings. The van der Waals surface area contributed by atoms with E-state index in [1.54, 1.807) is 10.9 Å². The van der Waals surface area contributed by atoms with E-state index in [9.17, 15) is 13.2 Å². The SMILES string of the molecule is Cn1nc(C2CN(Cc3ccccn3)CCO2)cc1CCOc1ccc(C(F)(F)F)cc1. The summed E-state index contributed by atoms with van der Waals surface area (Å²) in [6.45, 7) is 3.30. The Hall–Kier alpha value is -2.91. The van der Waals surface area contributed by atoms with Crippen molar-refractivity contribution >= 4 is 0 Å². The number of morpholine rings is 1. The second-order valence-corrected chi connectivity index (χ2v) is 7.72. The van der Waals surface area contributed by atoms with Crippen LogP contribution in [0.5, 0.6) is 5.75 Å². The number of hydrogen-bond donors (Lipinski definition) is 0. The maximum atomic E-state index is 12.7. The lowest BCUT2D eigenvalue weighted by Crippen LogP contribution is -2.38. The zero-order valence-corrected chi connectivity index (χ0v) is 17.8. The third-order valence-electron chi connectivity index (χ3n) is 5.40. The zero-order valence-electron chi connectivity index (χ0n) is 17.8. The molecule has 0 aliphatic carbocycles. The van der Waals surface area contributed by atoms with E-state index >= 15 is 0 Å². The van der Waals surface area contributed by atoms with Gasteiger partial charge in [-0.25, -0.2) is 0 Å². The standard InChI is InChI=1S/C23H25F3N4O2/c1-29-19(9-12-31-20-7-5-17(6-8-20)23(24,25)26)14-21(28-29)22-16-30(11-13-32-22)15-18-4-2-3-10-27-18/h2-8,10,14,22H,9,11-13,15-16H2,1H3. The third-order valence-corrected chi connectivity index (χ3v) is 5.40. The average molecular weight is 446 g/mol. The van der Waals surface area contributed by atoms with Gasteiger partial charge in [0.2, 0.25) is 0 Å². The molecule has 1 atom stereocenters. The summed E-state index contributed by atoms with van der Waals surface area (Å²) in [4.78, 5) is 6.70. The van der Waals surface area contributed by atoms with E-state index in [-0.39, 0.29) is 6.10 Å². The molecular formula is C23H25F3N4O2. The number of aryl methyl sites for hydroxylation is 1. The van der Waals surface area contributed by atoms with Crippen molar-refractivity contribution in [3.63, 3.8) is 0 Å². The summed E-state index contributed by atoms with van der Waals surface area (Å²) >= 11 is 0. The molecule has 170 valence electrons. The molecule has 1 aromatic carbocycles. The van der Waals surface area contributed by atoms with Crippen LogP contribution in [0.3, 0.4) is 0 Å². The molecule has 0 saturated carbocycles. The molecule has 1 aliphatic rings. The van der Waals surface area contributed by atoms with Crippen LogP contribution in [0.4, 0.5) is 13.2 Å². The van der Waals surface area contributed by atoms with Gasteiger partial charge in [0.25, 0.3) is 0 Å². The van der Waals surface area contributed by atoms with Crippen LogP contribution in [0, 0.1) is 0 Å². The molecule has 2 aromatic heterocycles. The molecule has 3 aromatic rings. The smallest absolute Gasteiger partial charge is 0.416 e. The molecule has 0 radical (unpaired) electrons. The molecule has 6 nitrogen and oxygen atoms in total. The molecule has 9 heteroatoms. The molecule has 0 N–H and O–H groups in total. The molecule has 32 heavy (non-hydrogen) atoms. The zero-order chi connectivity index (χ0) is 22.6. The Bertz CT molecular complexity index is 1010. The fourth-order valence-electron chi connectivity index (χ4n) is 3.68. The summed E-state index contributed by atoms with van der Waals surface area (Å²) in [7, 11) is 1.87. The first-order valence-electron chi connectivity index (χ1n) is 10.5. The minimum absolute atomic E-state index is 0.122. The van der Waals surface area contributed by atoms with E-state index in [1.165, 1.54) is 12.1 Å². The largest absolute Gasteiger partial charge is 0.493 e. The van der Waals surface area contributed by atoms with Crippen LogP contribution in [-0.2, 0) is 30.9 Å². The molecular weight excluding hydrogens is 421 g/mol. The number of halogens is 3. The lowest BCUT2D eigenvalue weighted by Gasteiger charge is -2.31. The maximum Gasteiger partial charge on any atom is 0.416 e. The Morgan fingerprint density at radius 2 is 1.97 bits per heavy atom. The Morgan fingerprint density at radius 1 is 1.16 bits per heavy atom. The van der Waals surface area contributed by atoms with Crippen LogP contribution in [0.25, 0.3) is 0 Å². The number of aromatic nitrogens is 3. The fourth-order valence-corrected chi connectivity index (χ4v) is 3.68. The van der Waals surface area contributed by atoms with E-state index in [0.717, 1.165) is 48.8 Å². The van der Waals surface area contributed by atoms with Gasteiger partial charge in [0.05, 0.1) is 30.2 Å². The number of pyridine rings is 1. The fraction of sp³-hybridized carbons (Fsp3) is 0.391. The van der Waals surface area contributed by atoms with Crippen molar-refractivity contribution in [3.8, 4) is 5.75 Å². The van der Waals surface area contributed by atoms with Gasteiger partial charge < -0.3 is 9.47 Å². The van der Waals surface area contributed by atoms with E-state index in [0.29, 0.717) is 25.4 Å². The van der Waals surface area contributed by atoms with Gasteiger partial charge in [-0.3, -0.25) is 14.6 Å². The predicted octanol–water partition coefficient (Wildman–Crippen LogP) is 4.03. The van der Waals surface area contributed by atoms with Crippen molar-refractivity contribution in [3.05, 3.63) is 77.4 Å². The van der Waals surface area contributed by atoms with Gasteiger partial charge in [-0.15, -0.1) is 0 Å². The molecule has 1 aliphatic heterocycles. The number of alkyl halides is 3. The molecule has 0 spiro atoms. The molecule has 1 unspecified atom stereocenters. The monoisotopic (exact) mass is 446 g/mol. The van der Waals surface area contributed by atoms with Gasteiger partial charge in [-0.2, -0.15) is 18.3 Å². The number of rotatable bonds is 7. The van der Waals surface area contributed by atoms with E-state index < -0.39 is 11.7 Å². The van der Waals surface area contributed by atoms with Gasteiger partial charge >= 0.3 is 6.18 Å². The van der Waals surface area contributed by atoms with E-state index in [4.69, 9.17) is 9.47 Å². The van der Waals surface area contributed by atoms with Crippen LogP contribution in [0.1, 0.15) is 28.7 Å². The minimum Gasteiger partial charge on any atom is -0.493 e. The van der Waals surface area contributed by atoms with E-state index in [1.807, 2.05) is 31.3 Å². The normalized spacial score (nSPS) is 17.4. The Balaban J connectivity index is 1.31. The lowest BCUT2D eigenvalue weighted by molar-refractivity contribution is -0.137. The quantitative estimate of drug-likeness (QED) is 0.549. The topological polar surface area (TPSA) is 52.4 Å². The first-order valence-corrected chi connectivity index (χ1v) is 10.5. The molecule has 3 heterocycles. The van der Waals surface area contributed by atoms with Crippen LogP contribution >= 0.6 is 0 Å². The first kappa shape index (κ1) is 22.3. The van der Waals surface area contributed by atoms with E-state index in [2.05, 4.69) is 15.0 Å². The van der Waals surface area contributed by atoms with Crippen molar-refractivity contribution in [2.45, 2.75) is 25.2 Å². The van der Waals surface area contributed by atoms with Gasteiger partial charge in [0, 0.05) is 45.0 Å². The Labute approximate surface area is 184 Å². The summed E-state index contributed by atoms with van der Waals surface area (Å²) in [5.41, 5.74) is 2.17. The van der Waals surface area contributed by atoms with Gasteiger partial charge in [0.1, 0.15) is 11.9 Å². The third kappa shape index (κ3) is 5.66. The molecule has 0 bridgehead atoms. The molecule has 0 amide bonds. The maximum absolute atomic E-state index is 12.7. The highest BCUT2D eigenvalue weighted by Gasteiger charge is 2.30. The van der Waals surface area contributed by atoms with Crippen LogP contribution in [0.15, 0.2) is 54.7 Å². The number of benzene rings is 1. The van der Waals surface area contributed by atoms with Gasteiger partial charge in [-0.05, 0) is 42.5 Å². The lowest BCUT2D eigenvalue weighted by atomic mass is 10.1. The van der Waals surface area contributed by atoms with Gasteiger partial charge in [0.15, 0.2) is 0 Å². The number of nitrogens with zero attached hydrogens (tertiary/aromatic N) is 4. The summed E-state index contributed by atoms with van der Waals surface area (Å²) < 4.78 is 51.3. The molecule has 1 saturated heterocycles. The van der Waals surface area contributed by atoms with Crippen LogP contribution in [0.2, 0.25) is 0 Å². The highest BCUT2D eigenvalue weighted by Crippen LogP contribution is 2.30. The first-order chi connectivity index (χ1) is 15.4. The summed E-state index contributed by atoms with van der Waals surface area (Å²) in [6, 6.07) is 12.6. The van der Waals surface area contributed by atoms with Crippen molar-refractivity contribution in [2.75, 3.05) is 26.3 Å². The van der Waals surface area contributed by atoms with Crippen molar-refractivity contribution in [1.29, 1.82) is 0 Å². The predicted molar refractivity (Wildman–Crippen MR) is 112 cm³/mol. The van der Waals surface area contributed by atoms with Gasteiger partial charge in [-0.1, -0.05) is 6.07 Å². The van der Waals surface area contributed by atoms with Crippen LogP contribution < -0.4 is 4.74 Å². The van der Waals surface area contributed by atoms with Crippen LogP contribution in [-0.4, -0.2) is 46.0 Å². The van der Waals surface area contributed by atoms with Crippen molar-refractivity contribution in [2.24, 2.45) is 7.05 Å². The molecule has 4 rings (SSSR count). The minimum atomic E-state index is -4.35. The van der Waals surface area contributed by atoms with Crippen molar-refractivity contribution in [1.82, 2.24) is 19.7 Å². The van der Waals surface area contributed by atoms with Crippen molar-refractivity contribution < 1.29 is 22.6 Å². The highest BCUT2D eigenvalue weighted by molar-refractivity contribution is 5.29. The second kappa shape index (κ2) is 9.70.